The molecule has 7 N–H and O–H groups in total. The normalized spacial score (nSPS) is 32.5. The van der Waals surface area contributed by atoms with Gasteiger partial charge in [-0.05, 0) is 39.1 Å². The van der Waals surface area contributed by atoms with Crippen LogP contribution in [-0.4, -0.2) is 73.6 Å². The van der Waals surface area contributed by atoms with E-state index in [0.29, 0.717) is 0 Å². The summed E-state index contributed by atoms with van der Waals surface area (Å²) in [6.45, 7) is 5.40. The predicted octanol–water partition coefficient (Wildman–Crippen LogP) is 0.655. The van der Waals surface area contributed by atoms with Crippen LogP contribution in [0.4, 0.5) is 0 Å². The third kappa shape index (κ3) is 3.09. The number of aromatic hydroxyl groups is 1. The van der Waals surface area contributed by atoms with Gasteiger partial charge in [-0.2, -0.15) is 0 Å². The maximum absolute atomic E-state index is 13.7. The highest BCUT2D eigenvalue weighted by Gasteiger charge is 2.66. The van der Waals surface area contributed by atoms with Crippen molar-refractivity contribution in [2.24, 2.45) is 17.6 Å². The maximum atomic E-state index is 13.7. The van der Waals surface area contributed by atoms with Gasteiger partial charge in [0.2, 0.25) is 5.78 Å². The number of carbonyl (C=O) groups is 3. The number of aliphatic hydroxyl groups excluding tert-OH is 2. The molecule has 1 saturated carbocycles. The summed E-state index contributed by atoms with van der Waals surface area (Å²) in [6, 6.07) is 3.02. The van der Waals surface area contributed by atoms with Crippen LogP contribution in [0.2, 0.25) is 0 Å². The van der Waals surface area contributed by atoms with Crippen LogP contribution in [0.15, 0.2) is 35.1 Å². The Morgan fingerprint density at radius 1 is 1.12 bits per heavy atom. The first-order chi connectivity index (χ1) is 15.8. The van der Waals surface area contributed by atoms with Crippen LogP contribution in [-0.2, 0) is 20.0 Å². The van der Waals surface area contributed by atoms with Crippen molar-refractivity contribution in [1.82, 2.24) is 4.90 Å². The van der Waals surface area contributed by atoms with Crippen LogP contribution < -0.4 is 5.73 Å². The molecule has 2 unspecified atom stereocenters. The van der Waals surface area contributed by atoms with Gasteiger partial charge < -0.3 is 31.3 Å². The number of phenolic OH excluding ortho intramolecular Hbond substituents is 1. The number of nitrogens with two attached hydrogens (primary N) is 1. The first kappa shape index (κ1) is 25.4. The largest absolute Gasteiger partial charge is 0.508 e. The molecule has 3 aliphatic rings. The van der Waals surface area contributed by atoms with Crippen LogP contribution >= 0.6 is 0 Å². The van der Waals surface area contributed by atoms with Crippen molar-refractivity contribution in [2.45, 2.75) is 44.4 Å². The zero-order valence-corrected chi connectivity index (χ0v) is 19.7. The standard InChI is InChI=1S/C22H24N2O8.C2H6/c1-21(31)8-5-4-6-11(25)12(8)16(26)13-9(21)7-10-15(24(2)3)17(27)14(20(23)30)19(29)22(10,32)18(13)28;1-2/h4-6,9-10,15,25-26,29,31-32H,7H2,1-3H3,(H2,23,30);1-2H3/t9?,10?,15-,21+,22-;/m0./s1. The second-order valence-corrected chi connectivity index (χ2v) is 8.96. The van der Waals surface area contributed by atoms with Crippen molar-refractivity contribution in [3.63, 3.8) is 0 Å². The zero-order valence-electron chi connectivity index (χ0n) is 19.7. The molecule has 3 aliphatic carbocycles. The minimum atomic E-state index is -2.75. The van der Waals surface area contributed by atoms with Gasteiger partial charge in [-0.25, -0.2) is 0 Å². The number of hydrogen-bond acceptors (Lipinski definition) is 9. The van der Waals surface area contributed by atoms with E-state index in [2.05, 4.69) is 0 Å². The monoisotopic (exact) mass is 474 g/mol. The fraction of sp³-hybridized carbons (Fsp3) is 0.458. The van der Waals surface area contributed by atoms with E-state index in [0.717, 1.165) is 0 Å². The second-order valence-electron chi connectivity index (χ2n) is 8.96. The predicted molar refractivity (Wildman–Crippen MR) is 121 cm³/mol. The maximum Gasteiger partial charge on any atom is 0.255 e. The Morgan fingerprint density at radius 3 is 2.24 bits per heavy atom. The van der Waals surface area contributed by atoms with Crippen molar-refractivity contribution in [3.05, 3.63) is 46.2 Å². The molecule has 34 heavy (non-hydrogen) atoms. The van der Waals surface area contributed by atoms with Crippen LogP contribution in [0.5, 0.6) is 5.75 Å². The van der Waals surface area contributed by atoms with Gasteiger partial charge in [0.1, 0.15) is 22.8 Å². The summed E-state index contributed by atoms with van der Waals surface area (Å²) in [5.74, 6) is -7.90. The van der Waals surface area contributed by atoms with Crippen LogP contribution in [0.1, 0.15) is 38.3 Å². The lowest BCUT2D eigenvalue weighted by Crippen LogP contribution is -2.67. The van der Waals surface area contributed by atoms with Crippen LogP contribution in [0, 0.1) is 11.8 Å². The number of carbonyl (C=O) groups excluding carboxylic acids is 3. The number of hydrogen-bond donors (Lipinski definition) is 6. The third-order valence-corrected chi connectivity index (χ3v) is 7.02. The lowest BCUT2D eigenvalue weighted by atomic mass is 9.54. The first-order valence-electron chi connectivity index (χ1n) is 11.0. The van der Waals surface area contributed by atoms with Crippen molar-refractivity contribution >= 4 is 23.2 Å². The van der Waals surface area contributed by atoms with Gasteiger partial charge in [-0.1, -0.05) is 26.0 Å². The Labute approximate surface area is 196 Å². The Hall–Kier alpha value is -3.21. The van der Waals surface area contributed by atoms with Crippen molar-refractivity contribution in [2.75, 3.05) is 14.1 Å². The molecule has 1 fully saturated rings. The van der Waals surface area contributed by atoms with Crippen molar-refractivity contribution < 1.29 is 39.9 Å². The molecule has 0 radical (unpaired) electrons. The van der Waals surface area contributed by atoms with Crippen LogP contribution in [0.3, 0.4) is 0 Å². The Kier molecular flexibility index (Phi) is 6.15. The molecule has 184 valence electrons. The van der Waals surface area contributed by atoms with Gasteiger partial charge >= 0.3 is 0 Å². The fourth-order valence-corrected chi connectivity index (χ4v) is 5.50. The summed E-state index contributed by atoms with van der Waals surface area (Å²) in [5, 5.41) is 54.9. The average Bonchev–Trinajstić information content (AvgIpc) is 2.75. The summed E-state index contributed by atoms with van der Waals surface area (Å²) in [4.78, 5) is 40.0. The van der Waals surface area contributed by atoms with E-state index in [-0.39, 0.29) is 17.5 Å². The average molecular weight is 475 g/mol. The number of benzene rings is 1. The van der Waals surface area contributed by atoms with E-state index < -0.39 is 75.0 Å². The molecule has 5 atom stereocenters. The van der Waals surface area contributed by atoms with E-state index in [4.69, 9.17) is 5.73 Å². The fourth-order valence-electron chi connectivity index (χ4n) is 5.50. The van der Waals surface area contributed by atoms with Crippen LogP contribution in [0.25, 0.3) is 5.76 Å². The molecule has 4 rings (SSSR count). The number of fused-ring (bicyclic) bond motifs is 3. The number of phenols is 1. The summed E-state index contributed by atoms with van der Waals surface area (Å²) < 4.78 is 0. The number of nitrogens with zero attached hydrogens (tertiary/aromatic N) is 1. The summed E-state index contributed by atoms with van der Waals surface area (Å²) in [7, 11) is 3.01. The van der Waals surface area contributed by atoms with E-state index in [1.54, 1.807) is 0 Å². The minimum absolute atomic E-state index is 0.170. The number of rotatable bonds is 2. The second kappa shape index (κ2) is 8.23. The molecule has 1 aromatic carbocycles. The molecule has 10 nitrogen and oxygen atoms in total. The molecule has 0 bridgehead atoms. The molecule has 10 heteroatoms. The van der Waals surface area contributed by atoms with Gasteiger partial charge in [0.25, 0.3) is 5.91 Å². The highest BCUT2D eigenvalue weighted by Crippen LogP contribution is 2.57. The Balaban J connectivity index is 0.00000158. The highest BCUT2D eigenvalue weighted by atomic mass is 16.3. The molecule has 0 heterocycles. The van der Waals surface area contributed by atoms with Gasteiger partial charge in [-0.15, -0.1) is 0 Å². The number of ketones is 2. The van der Waals surface area contributed by atoms with Gasteiger partial charge in [0, 0.05) is 17.4 Å². The molecule has 0 spiro atoms. The lowest BCUT2D eigenvalue weighted by molar-refractivity contribution is -0.159. The van der Waals surface area contributed by atoms with Crippen molar-refractivity contribution in [1.29, 1.82) is 0 Å². The lowest BCUT2D eigenvalue weighted by Gasteiger charge is -2.53. The number of aliphatic hydroxyl groups is 4. The van der Waals surface area contributed by atoms with E-state index in [9.17, 15) is 39.9 Å². The summed E-state index contributed by atoms with van der Waals surface area (Å²) >= 11 is 0. The summed E-state index contributed by atoms with van der Waals surface area (Å²) in [6.07, 6.45) is -0.200. The number of primary amides is 1. The first-order valence-corrected chi connectivity index (χ1v) is 11.0. The van der Waals surface area contributed by atoms with Crippen molar-refractivity contribution in [3.8, 4) is 5.75 Å². The highest BCUT2D eigenvalue weighted by molar-refractivity contribution is 6.24. The summed E-state index contributed by atoms with van der Waals surface area (Å²) in [5.41, 5.74) is -0.548. The van der Waals surface area contributed by atoms with Gasteiger partial charge in [0.05, 0.1) is 17.2 Å². The SMILES string of the molecule is CC.CN(C)[C@@H]1C(=O)C(C(N)=O)=C(O)[C@@]2(O)C(=O)C3=C(O)c4c(O)cccc4[C@@](C)(O)C3CC12. The molecule has 0 aliphatic heterocycles. The molecule has 0 aromatic heterocycles. The third-order valence-electron chi connectivity index (χ3n) is 7.02. The topological polar surface area (TPSA) is 182 Å². The Bertz CT molecular complexity index is 1150. The Morgan fingerprint density at radius 2 is 1.71 bits per heavy atom. The van der Waals surface area contributed by atoms with Gasteiger partial charge in [-0.3, -0.25) is 19.3 Å². The number of amides is 1. The number of Topliss-reactive ketones (excluding diaryl/α,β-unsaturated/α-hetero) is 2. The van der Waals surface area contributed by atoms with E-state index in [1.165, 1.54) is 44.1 Å². The molecular weight excluding hydrogens is 444 g/mol. The van der Waals surface area contributed by atoms with Gasteiger partial charge in [0.15, 0.2) is 11.4 Å². The van der Waals surface area contributed by atoms with E-state index >= 15 is 0 Å². The minimum Gasteiger partial charge on any atom is -0.508 e. The smallest absolute Gasteiger partial charge is 0.255 e. The molecule has 1 amide bonds. The molecule has 1 aromatic rings. The molecule has 0 saturated heterocycles. The quantitative estimate of drug-likeness (QED) is 0.335. The zero-order chi connectivity index (χ0) is 25.9. The van der Waals surface area contributed by atoms with E-state index in [1.807, 2.05) is 13.8 Å². The molecular formula is C24H30N2O8. The number of likely N-dealkylation sites (N-methyl/N-ethyl adjacent to an activating group) is 1.